The minimum Gasteiger partial charge on any atom is -0.466 e. The van der Waals surface area contributed by atoms with E-state index in [1.165, 1.54) is 103 Å². The molecule has 0 saturated heterocycles. The van der Waals surface area contributed by atoms with Gasteiger partial charge in [0.2, 0.25) is 0 Å². The van der Waals surface area contributed by atoms with Gasteiger partial charge in [0.05, 0.1) is 79.3 Å². The van der Waals surface area contributed by atoms with E-state index in [1.807, 2.05) is 0 Å². The van der Waals surface area contributed by atoms with Crippen molar-refractivity contribution in [3.8, 4) is 0 Å². The van der Waals surface area contributed by atoms with E-state index in [-0.39, 0.29) is 24.6 Å². The topological polar surface area (TPSA) is 128 Å². The van der Waals surface area contributed by atoms with Crippen molar-refractivity contribution in [3.63, 3.8) is 0 Å². The third-order valence-electron chi connectivity index (χ3n) is 11.9. The summed E-state index contributed by atoms with van der Waals surface area (Å²) < 4.78 is 45.7. The van der Waals surface area contributed by atoms with Crippen molar-refractivity contribution in [2.45, 2.75) is 226 Å². The molecule has 1 N–H and O–H groups in total. The fraction of sp³-hybridized carbons (Fsp3) is 0.962. The monoisotopic (exact) mass is 917 g/mol. The van der Waals surface area contributed by atoms with Gasteiger partial charge in [0, 0.05) is 26.1 Å². The second-order valence-corrected chi connectivity index (χ2v) is 18.0. The fourth-order valence-corrected chi connectivity index (χ4v) is 7.87. The maximum atomic E-state index is 12.4. The van der Waals surface area contributed by atoms with Gasteiger partial charge >= 0.3 is 11.9 Å². The van der Waals surface area contributed by atoms with Crippen molar-refractivity contribution in [1.29, 1.82) is 0 Å². The number of esters is 2. The van der Waals surface area contributed by atoms with Crippen LogP contribution in [0.15, 0.2) is 0 Å². The standard InChI is InChI=1S/C53H104O11/c1-5-9-19-27-49(28-20-10-6-2)33-38-63-52(55)31-23-15-13-17-25-36-60-47-51(48-61-46-45-59-44-43-58-42-41-57-40-35-54)62-37-26-18-14-16-24-32-53(56)64-39-34-50(29-21-11-7-3)30-22-12-8-4/h49-51,54H,5-48H2,1-4H3. The maximum Gasteiger partial charge on any atom is 0.305 e. The van der Waals surface area contributed by atoms with E-state index in [1.54, 1.807) is 0 Å². The fourth-order valence-electron chi connectivity index (χ4n) is 7.87. The van der Waals surface area contributed by atoms with Gasteiger partial charge in [-0.1, -0.05) is 169 Å². The van der Waals surface area contributed by atoms with Gasteiger partial charge in [0.1, 0.15) is 6.10 Å². The number of aliphatic hydroxyl groups is 1. The van der Waals surface area contributed by atoms with Gasteiger partial charge in [0.15, 0.2) is 0 Å². The van der Waals surface area contributed by atoms with Crippen LogP contribution >= 0.6 is 0 Å². The molecule has 1 unspecified atom stereocenters. The van der Waals surface area contributed by atoms with Crippen LogP contribution in [0.2, 0.25) is 0 Å². The molecule has 0 bridgehead atoms. The Bertz CT molecular complexity index is 918. The lowest BCUT2D eigenvalue weighted by atomic mass is 9.92. The zero-order valence-corrected chi connectivity index (χ0v) is 42.4. The molecule has 0 aliphatic heterocycles. The minimum absolute atomic E-state index is 0.0157. The molecular weight excluding hydrogens is 813 g/mol. The molecule has 0 heterocycles. The summed E-state index contributed by atoms with van der Waals surface area (Å²) in [5.41, 5.74) is 0. The molecule has 0 aromatic rings. The summed E-state index contributed by atoms with van der Waals surface area (Å²) in [4.78, 5) is 24.7. The third-order valence-corrected chi connectivity index (χ3v) is 11.9. The summed E-state index contributed by atoms with van der Waals surface area (Å²) in [6.07, 6.45) is 33.3. The summed E-state index contributed by atoms with van der Waals surface area (Å²) >= 11 is 0. The van der Waals surface area contributed by atoms with Gasteiger partial charge < -0.3 is 43.0 Å². The predicted molar refractivity (Wildman–Crippen MR) is 261 cm³/mol. The van der Waals surface area contributed by atoms with E-state index in [0.717, 1.165) is 77.0 Å². The molecule has 0 fully saturated rings. The van der Waals surface area contributed by atoms with Gasteiger partial charge in [-0.25, -0.2) is 0 Å². The first-order valence-electron chi connectivity index (χ1n) is 26.9. The number of rotatable bonds is 54. The van der Waals surface area contributed by atoms with Gasteiger partial charge in [-0.3, -0.25) is 9.59 Å². The Morgan fingerprint density at radius 3 is 1.14 bits per heavy atom. The highest BCUT2D eigenvalue weighted by atomic mass is 16.6. The molecular formula is C53H104O11. The number of carbonyl (C=O) groups is 2. The molecule has 382 valence electrons. The van der Waals surface area contributed by atoms with Crippen LogP contribution in [-0.2, 0) is 47.5 Å². The van der Waals surface area contributed by atoms with Crippen LogP contribution in [0.4, 0.5) is 0 Å². The van der Waals surface area contributed by atoms with Gasteiger partial charge in [-0.05, 0) is 50.4 Å². The SMILES string of the molecule is CCCCCC(CCCCC)CCOC(=O)CCCCCCCOCC(COCCOCCOCCOCCO)OCCCCCCCC(=O)OCCC(CCCCC)CCCCC. The Morgan fingerprint density at radius 2 is 0.719 bits per heavy atom. The Balaban J connectivity index is 4.33. The zero-order chi connectivity index (χ0) is 46.7. The lowest BCUT2D eigenvalue weighted by Crippen LogP contribution is -2.27. The van der Waals surface area contributed by atoms with Gasteiger partial charge in [-0.15, -0.1) is 0 Å². The molecule has 0 aliphatic rings. The molecule has 64 heavy (non-hydrogen) atoms. The minimum atomic E-state index is -0.149. The highest BCUT2D eigenvalue weighted by Crippen LogP contribution is 2.22. The molecule has 0 radical (unpaired) electrons. The average Bonchev–Trinajstić information content (AvgIpc) is 3.29. The number of unbranched alkanes of at least 4 members (excludes halogenated alkanes) is 16. The van der Waals surface area contributed by atoms with Crippen LogP contribution in [0.1, 0.15) is 220 Å². The number of hydrogen-bond donors (Lipinski definition) is 1. The van der Waals surface area contributed by atoms with Crippen LogP contribution < -0.4 is 0 Å². The summed E-state index contributed by atoms with van der Waals surface area (Å²) in [7, 11) is 0. The third kappa shape index (κ3) is 47.2. The zero-order valence-electron chi connectivity index (χ0n) is 42.4. The van der Waals surface area contributed by atoms with Gasteiger partial charge in [-0.2, -0.15) is 0 Å². The molecule has 0 rings (SSSR count). The predicted octanol–water partition coefficient (Wildman–Crippen LogP) is 12.5. The molecule has 0 aromatic carbocycles. The largest absolute Gasteiger partial charge is 0.466 e. The molecule has 11 nitrogen and oxygen atoms in total. The molecule has 0 saturated carbocycles. The molecule has 0 aromatic heterocycles. The Hall–Kier alpha value is -1.34. The molecule has 11 heteroatoms. The van der Waals surface area contributed by atoms with Crippen LogP contribution in [0.3, 0.4) is 0 Å². The van der Waals surface area contributed by atoms with Crippen molar-refractivity contribution in [3.05, 3.63) is 0 Å². The number of hydrogen-bond acceptors (Lipinski definition) is 11. The Labute approximate surface area is 394 Å². The first-order valence-corrected chi connectivity index (χ1v) is 26.9. The lowest BCUT2D eigenvalue weighted by Gasteiger charge is -2.18. The second-order valence-electron chi connectivity index (χ2n) is 18.0. The van der Waals surface area contributed by atoms with Crippen molar-refractivity contribution in [2.75, 3.05) is 92.5 Å². The molecule has 0 aliphatic carbocycles. The van der Waals surface area contributed by atoms with E-state index in [9.17, 15) is 9.59 Å². The van der Waals surface area contributed by atoms with Crippen LogP contribution in [-0.4, -0.2) is 116 Å². The summed E-state index contributed by atoms with van der Waals surface area (Å²) in [5, 5.41) is 8.75. The van der Waals surface area contributed by atoms with Crippen LogP contribution in [0, 0.1) is 11.8 Å². The van der Waals surface area contributed by atoms with E-state index < -0.39 is 0 Å². The highest BCUT2D eigenvalue weighted by Gasteiger charge is 2.13. The normalized spacial score (nSPS) is 12.2. The van der Waals surface area contributed by atoms with Crippen LogP contribution in [0.25, 0.3) is 0 Å². The Kier molecular flexibility index (Phi) is 51.5. The van der Waals surface area contributed by atoms with Crippen molar-refractivity contribution < 1.29 is 52.6 Å². The first kappa shape index (κ1) is 62.7. The molecule has 1 atom stereocenters. The van der Waals surface area contributed by atoms with E-state index in [4.69, 9.17) is 43.0 Å². The average molecular weight is 917 g/mol. The number of ether oxygens (including phenoxy) is 8. The van der Waals surface area contributed by atoms with E-state index in [0.29, 0.717) is 111 Å². The first-order chi connectivity index (χ1) is 31.5. The van der Waals surface area contributed by atoms with Crippen molar-refractivity contribution >= 4 is 11.9 Å². The van der Waals surface area contributed by atoms with Crippen LogP contribution in [0.5, 0.6) is 0 Å². The van der Waals surface area contributed by atoms with Crippen molar-refractivity contribution in [2.24, 2.45) is 11.8 Å². The number of aliphatic hydroxyl groups excluding tert-OH is 1. The van der Waals surface area contributed by atoms with Crippen molar-refractivity contribution in [1.82, 2.24) is 0 Å². The highest BCUT2D eigenvalue weighted by molar-refractivity contribution is 5.69. The van der Waals surface area contributed by atoms with E-state index in [2.05, 4.69) is 27.7 Å². The quantitative estimate of drug-likeness (QED) is 0.0462. The van der Waals surface area contributed by atoms with E-state index >= 15 is 0 Å². The number of carbonyl (C=O) groups excluding carboxylic acids is 2. The lowest BCUT2D eigenvalue weighted by molar-refractivity contribution is -0.145. The molecule has 0 spiro atoms. The molecule has 0 amide bonds. The summed E-state index contributed by atoms with van der Waals surface area (Å²) in [6.45, 7) is 15.6. The smallest absolute Gasteiger partial charge is 0.305 e. The van der Waals surface area contributed by atoms with Gasteiger partial charge in [0.25, 0.3) is 0 Å². The maximum absolute atomic E-state index is 12.4. The summed E-state index contributed by atoms with van der Waals surface area (Å²) in [5.74, 6) is 1.28. The second kappa shape index (κ2) is 52.6. The Morgan fingerprint density at radius 1 is 0.359 bits per heavy atom. The summed E-state index contributed by atoms with van der Waals surface area (Å²) in [6, 6.07) is 0.